The van der Waals surface area contributed by atoms with E-state index in [1.165, 1.54) is 11.8 Å². The highest BCUT2D eigenvalue weighted by molar-refractivity contribution is 4.87. The number of nitrogens with two attached hydrogens (primary N) is 1. The van der Waals surface area contributed by atoms with Crippen LogP contribution in [0, 0.1) is 0 Å². The van der Waals surface area contributed by atoms with Crippen LogP contribution in [0.4, 0.5) is 13.2 Å². The normalized spacial score (nSPS) is 17.2. The van der Waals surface area contributed by atoms with E-state index in [1.54, 1.807) is 13.8 Å². The fourth-order valence-corrected chi connectivity index (χ4v) is 1.76. The largest absolute Gasteiger partial charge is 0.405 e. The van der Waals surface area contributed by atoms with E-state index < -0.39 is 18.3 Å². The van der Waals surface area contributed by atoms with E-state index in [2.05, 4.69) is 0 Å². The van der Waals surface area contributed by atoms with Crippen molar-refractivity contribution in [3.63, 3.8) is 0 Å². The molecule has 0 aromatic heterocycles. The molecule has 0 bridgehead atoms. The lowest BCUT2D eigenvalue weighted by Gasteiger charge is -2.38. The predicted octanol–water partition coefficient (Wildman–Crippen LogP) is 2.38. The molecule has 0 fully saturated rings. The molecule has 0 saturated carbocycles. The fraction of sp³-hybridized carbons (Fsp3) is 1.00. The Balaban J connectivity index is 4.85. The first-order valence-corrected chi connectivity index (χ1v) is 5.29. The minimum atomic E-state index is -4.26. The number of rotatable bonds is 5. The maximum absolute atomic E-state index is 12.8. The maximum atomic E-state index is 12.8. The van der Waals surface area contributed by atoms with Crippen LogP contribution in [0.1, 0.15) is 34.1 Å². The summed E-state index contributed by atoms with van der Waals surface area (Å²) >= 11 is 0. The molecule has 92 valence electrons. The van der Waals surface area contributed by atoms with Gasteiger partial charge in [-0.2, -0.15) is 13.2 Å². The van der Waals surface area contributed by atoms with E-state index in [0.717, 1.165) is 0 Å². The molecule has 2 atom stereocenters. The fourth-order valence-electron chi connectivity index (χ4n) is 1.76. The maximum Gasteiger partial charge on any atom is 0.405 e. The van der Waals surface area contributed by atoms with Crippen LogP contribution in [-0.4, -0.2) is 35.7 Å². The van der Waals surface area contributed by atoms with Crippen molar-refractivity contribution in [2.24, 2.45) is 5.73 Å². The van der Waals surface area contributed by atoms with Crippen LogP contribution in [0.3, 0.4) is 0 Å². The zero-order valence-electron chi connectivity index (χ0n) is 9.80. The van der Waals surface area contributed by atoms with E-state index in [0.29, 0.717) is 13.0 Å². The molecule has 0 heterocycles. The monoisotopic (exact) mass is 226 g/mol. The second kappa shape index (κ2) is 5.70. The van der Waals surface area contributed by atoms with Crippen molar-refractivity contribution in [2.45, 2.75) is 58.4 Å². The van der Waals surface area contributed by atoms with E-state index in [-0.39, 0.29) is 6.04 Å². The molecule has 2 unspecified atom stereocenters. The molecule has 0 radical (unpaired) electrons. The average Bonchev–Trinajstić information content (AvgIpc) is 1.99. The Morgan fingerprint density at radius 2 is 1.67 bits per heavy atom. The van der Waals surface area contributed by atoms with Crippen molar-refractivity contribution in [1.82, 2.24) is 4.90 Å². The molecule has 0 aromatic carbocycles. The average molecular weight is 226 g/mol. The summed E-state index contributed by atoms with van der Waals surface area (Å²) in [5.74, 6) is 0. The number of hydrogen-bond acceptors (Lipinski definition) is 2. The third-order valence-electron chi connectivity index (χ3n) is 2.34. The first-order valence-electron chi connectivity index (χ1n) is 5.29. The summed E-state index contributed by atoms with van der Waals surface area (Å²) in [6, 6.07) is -2.60. The first-order chi connectivity index (χ1) is 6.71. The lowest BCUT2D eigenvalue weighted by molar-refractivity contribution is -0.192. The molecule has 0 aliphatic rings. The lowest BCUT2D eigenvalue weighted by Crippen LogP contribution is -2.57. The van der Waals surface area contributed by atoms with Crippen molar-refractivity contribution in [1.29, 1.82) is 0 Å². The highest BCUT2D eigenvalue weighted by Gasteiger charge is 2.46. The smallest absolute Gasteiger partial charge is 0.326 e. The molecular weight excluding hydrogens is 205 g/mol. The standard InChI is InChI=1S/C10H21F3N2/c1-5-6-15(7(2)3)9(8(4)14)10(11,12)13/h7-9H,5-6,14H2,1-4H3. The van der Waals surface area contributed by atoms with Crippen molar-refractivity contribution >= 4 is 0 Å². The van der Waals surface area contributed by atoms with Crippen LogP contribution in [0.15, 0.2) is 0 Å². The second-order valence-electron chi connectivity index (χ2n) is 4.18. The third-order valence-corrected chi connectivity index (χ3v) is 2.34. The Hall–Kier alpha value is -0.290. The van der Waals surface area contributed by atoms with Crippen LogP contribution < -0.4 is 5.73 Å². The minimum absolute atomic E-state index is 0.150. The Bertz CT molecular complexity index is 178. The second-order valence-corrected chi connectivity index (χ2v) is 4.18. The van der Waals surface area contributed by atoms with Crippen molar-refractivity contribution in [3.8, 4) is 0 Å². The summed E-state index contributed by atoms with van der Waals surface area (Å²) in [6.07, 6.45) is -3.56. The highest BCUT2D eigenvalue weighted by atomic mass is 19.4. The minimum Gasteiger partial charge on any atom is -0.326 e. The van der Waals surface area contributed by atoms with Crippen LogP contribution in [0.5, 0.6) is 0 Å². The number of halogens is 3. The molecule has 0 amide bonds. The summed E-state index contributed by atoms with van der Waals surface area (Å²) in [6.45, 7) is 7.21. The van der Waals surface area contributed by atoms with Crippen LogP contribution in [0.25, 0.3) is 0 Å². The predicted molar refractivity (Wildman–Crippen MR) is 55.6 cm³/mol. The van der Waals surface area contributed by atoms with Crippen molar-refractivity contribution < 1.29 is 13.2 Å². The molecule has 5 heteroatoms. The molecule has 0 rings (SSSR count). The Morgan fingerprint density at radius 1 is 1.20 bits per heavy atom. The van der Waals surface area contributed by atoms with Gasteiger partial charge in [-0.25, -0.2) is 0 Å². The Kier molecular flexibility index (Phi) is 5.59. The van der Waals surface area contributed by atoms with E-state index in [4.69, 9.17) is 5.73 Å². The van der Waals surface area contributed by atoms with Crippen molar-refractivity contribution in [2.75, 3.05) is 6.54 Å². The van der Waals surface area contributed by atoms with Gasteiger partial charge in [0, 0.05) is 12.1 Å². The lowest BCUT2D eigenvalue weighted by atomic mass is 10.1. The van der Waals surface area contributed by atoms with Crippen LogP contribution in [0.2, 0.25) is 0 Å². The first kappa shape index (κ1) is 14.7. The van der Waals surface area contributed by atoms with Gasteiger partial charge < -0.3 is 5.73 Å². The molecule has 0 aromatic rings. The van der Waals surface area contributed by atoms with E-state index >= 15 is 0 Å². The Labute approximate surface area is 89.6 Å². The van der Waals surface area contributed by atoms with E-state index in [1.807, 2.05) is 6.92 Å². The summed E-state index contributed by atoms with van der Waals surface area (Å²) < 4.78 is 38.3. The molecule has 0 saturated heterocycles. The molecule has 0 aliphatic carbocycles. The summed E-state index contributed by atoms with van der Waals surface area (Å²) in [5.41, 5.74) is 5.43. The Morgan fingerprint density at radius 3 is 1.87 bits per heavy atom. The topological polar surface area (TPSA) is 29.3 Å². The van der Waals surface area contributed by atoms with Gasteiger partial charge >= 0.3 is 6.18 Å². The summed E-state index contributed by atoms with van der Waals surface area (Å²) in [5, 5.41) is 0. The van der Waals surface area contributed by atoms with Gasteiger partial charge in [-0.15, -0.1) is 0 Å². The summed E-state index contributed by atoms with van der Waals surface area (Å²) in [7, 11) is 0. The zero-order chi connectivity index (χ0) is 12.2. The molecule has 2 nitrogen and oxygen atoms in total. The van der Waals surface area contributed by atoms with Gasteiger partial charge in [0.25, 0.3) is 0 Å². The van der Waals surface area contributed by atoms with Gasteiger partial charge in [0.2, 0.25) is 0 Å². The van der Waals surface area contributed by atoms with Gasteiger partial charge in [-0.3, -0.25) is 4.90 Å². The number of alkyl halides is 3. The van der Waals surface area contributed by atoms with Crippen LogP contribution >= 0.6 is 0 Å². The molecular formula is C10H21F3N2. The van der Waals surface area contributed by atoms with Crippen molar-refractivity contribution in [3.05, 3.63) is 0 Å². The molecule has 15 heavy (non-hydrogen) atoms. The van der Waals surface area contributed by atoms with Gasteiger partial charge in [-0.1, -0.05) is 6.92 Å². The van der Waals surface area contributed by atoms with Gasteiger partial charge in [0.15, 0.2) is 0 Å². The van der Waals surface area contributed by atoms with E-state index in [9.17, 15) is 13.2 Å². The number of hydrogen-bond donors (Lipinski definition) is 1. The molecule has 0 aliphatic heterocycles. The number of nitrogens with zero attached hydrogens (tertiary/aromatic N) is 1. The SMILES string of the molecule is CCCN(C(C)C)C(C(C)N)C(F)(F)F. The quantitative estimate of drug-likeness (QED) is 0.780. The third kappa shape index (κ3) is 4.38. The highest BCUT2D eigenvalue weighted by Crippen LogP contribution is 2.28. The molecule has 2 N–H and O–H groups in total. The molecule has 0 spiro atoms. The van der Waals surface area contributed by atoms with Crippen LogP contribution in [-0.2, 0) is 0 Å². The van der Waals surface area contributed by atoms with Gasteiger partial charge in [0.05, 0.1) is 0 Å². The van der Waals surface area contributed by atoms with Gasteiger partial charge in [0.1, 0.15) is 6.04 Å². The summed E-state index contributed by atoms with van der Waals surface area (Å²) in [4.78, 5) is 1.42. The zero-order valence-corrected chi connectivity index (χ0v) is 9.80. The van der Waals surface area contributed by atoms with Gasteiger partial charge in [-0.05, 0) is 33.7 Å².